The first-order valence-electron chi connectivity index (χ1n) is 3.75. The molecular formula is C7H16N2O. The molecule has 1 atom stereocenters. The van der Waals surface area contributed by atoms with Crippen molar-refractivity contribution in [1.29, 1.82) is 0 Å². The first-order valence-corrected chi connectivity index (χ1v) is 3.75. The molecule has 0 unspecified atom stereocenters. The molecule has 0 radical (unpaired) electrons. The van der Waals surface area contributed by atoms with Crippen molar-refractivity contribution in [1.82, 2.24) is 5.32 Å². The number of nitrogens with two attached hydrogens (primary N) is 1. The summed E-state index contributed by atoms with van der Waals surface area (Å²) in [6.45, 7) is 4.64. The topological polar surface area (TPSA) is 55.1 Å². The molecule has 10 heavy (non-hydrogen) atoms. The van der Waals surface area contributed by atoms with Crippen LogP contribution in [0.15, 0.2) is 0 Å². The van der Waals surface area contributed by atoms with E-state index in [0.29, 0.717) is 6.42 Å². The summed E-state index contributed by atoms with van der Waals surface area (Å²) in [5, 5.41) is 2.72. The molecule has 3 N–H and O–H groups in total. The van der Waals surface area contributed by atoms with Crippen LogP contribution in [0.4, 0.5) is 0 Å². The molecule has 0 rings (SSSR count). The van der Waals surface area contributed by atoms with Gasteiger partial charge in [0, 0.05) is 6.54 Å². The van der Waals surface area contributed by atoms with Gasteiger partial charge in [-0.15, -0.1) is 0 Å². The first kappa shape index (κ1) is 9.43. The highest BCUT2D eigenvalue weighted by Crippen LogP contribution is 1.84. The van der Waals surface area contributed by atoms with Gasteiger partial charge >= 0.3 is 0 Å². The monoisotopic (exact) mass is 144 g/mol. The maximum Gasteiger partial charge on any atom is 0.236 e. The van der Waals surface area contributed by atoms with Crippen molar-refractivity contribution in [3.8, 4) is 0 Å². The van der Waals surface area contributed by atoms with Gasteiger partial charge in [0.1, 0.15) is 0 Å². The number of carbonyl (C=O) groups excluding carboxylic acids is 1. The van der Waals surface area contributed by atoms with Crippen LogP contribution in [0.5, 0.6) is 0 Å². The summed E-state index contributed by atoms with van der Waals surface area (Å²) in [6.07, 6.45) is 1.66. The predicted octanol–water partition coefficient (Wildman–Crippen LogP) is 0.250. The SMILES string of the molecule is CCCNC(=O)[C@@H](N)CC. The van der Waals surface area contributed by atoms with Crippen LogP contribution in [0.3, 0.4) is 0 Å². The van der Waals surface area contributed by atoms with Crippen LogP contribution in [-0.4, -0.2) is 18.5 Å². The quantitative estimate of drug-likeness (QED) is 0.594. The molecule has 0 fully saturated rings. The third-order valence-corrected chi connectivity index (χ3v) is 1.33. The number of amides is 1. The van der Waals surface area contributed by atoms with Gasteiger partial charge in [-0.05, 0) is 12.8 Å². The second kappa shape index (κ2) is 5.23. The van der Waals surface area contributed by atoms with Crippen LogP contribution in [0, 0.1) is 0 Å². The molecule has 0 aromatic heterocycles. The van der Waals surface area contributed by atoms with E-state index in [0.717, 1.165) is 13.0 Å². The van der Waals surface area contributed by atoms with Crippen LogP contribution >= 0.6 is 0 Å². The molecule has 0 aliphatic rings. The fourth-order valence-electron chi connectivity index (χ4n) is 0.565. The minimum atomic E-state index is -0.327. The summed E-state index contributed by atoms with van der Waals surface area (Å²) in [7, 11) is 0. The summed E-state index contributed by atoms with van der Waals surface area (Å²) >= 11 is 0. The second-order valence-electron chi connectivity index (χ2n) is 2.31. The van der Waals surface area contributed by atoms with E-state index in [1.165, 1.54) is 0 Å². The minimum Gasteiger partial charge on any atom is -0.355 e. The van der Waals surface area contributed by atoms with Crippen molar-refractivity contribution < 1.29 is 4.79 Å². The highest BCUT2D eigenvalue weighted by Gasteiger charge is 2.08. The van der Waals surface area contributed by atoms with Crippen LogP contribution in [0.2, 0.25) is 0 Å². The van der Waals surface area contributed by atoms with Gasteiger partial charge in [0.05, 0.1) is 6.04 Å². The summed E-state index contributed by atoms with van der Waals surface area (Å²) < 4.78 is 0. The van der Waals surface area contributed by atoms with Crippen LogP contribution in [-0.2, 0) is 4.79 Å². The molecule has 3 nitrogen and oxygen atoms in total. The van der Waals surface area contributed by atoms with Gasteiger partial charge in [0.25, 0.3) is 0 Å². The molecule has 0 saturated heterocycles. The van der Waals surface area contributed by atoms with E-state index in [1.54, 1.807) is 0 Å². The van der Waals surface area contributed by atoms with E-state index in [4.69, 9.17) is 5.73 Å². The summed E-state index contributed by atoms with van der Waals surface area (Å²) in [5.41, 5.74) is 5.45. The Kier molecular flexibility index (Phi) is 4.94. The van der Waals surface area contributed by atoms with Gasteiger partial charge < -0.3 is 11.1 Å². The molecule has 0 spiro atoms. The van der Waals surface area contributed by atoms with Crippen LogP contribution in [0.25, 0.3) is 0 Å². The van der Waals surface area contributed by atoms with E-state index >= 15 is 0 Å². The molecular weight excluding hydrogens is 128 g/mol. The summed E-state index contributed by atoms with van der Waals surface area (Å²) in [4.78, 5) is 10.9. The predicted molar refractivity (Wildman–Crippen MR) is 41.6 cm³/mol. The average Bonchev–Trinajstić information content (AvgIpc) is 1.98. The number of hydrogen-bond donors (Lipinski definition) is 2. The van der Waals surface area contributed by atoms with Crippen molar-refractivity contribution in [3.05, 3.63) is 0 Å². The Hall–Kier alpha value is -0.570. The molecule has 0 saturated carbocycles. The second-order valence-corrected chi connectivity index (χ2v) is 2.31. The van der Waals surface area contributed by atoms with Crippen LogP contribution < -0.4 is 11.1 Å². The van der Waals surface area contributed by atoms with Gasteiger partial charge in [-0.3, -0.25) is 4.79 Å². The molecule has 0 heterocycles. The van der Waals surface area contributed by atoms with Gasteiger partial charge in [0.2, 0.25) is 5.91 Å². The zero-order valence-electron chi connectivity index (χ0n) is 6.68. The number of hydrogen-bond acceptors (Lipinski definition) is 2. The third kappa shape index (κ3) is 3.45. The molecule has 1 amide bonds. The molecule has 0 aliphatic carbocycles. The van der Waals surface area contributed by atoms with E-state index in [1.807, 2.05) is 13.8 Å². The van der Waals surface area contributed by atoms with E-state index < -0.39 is 0 Å². The number of rotatable bonds is 4. The Morgan fingerprint density at radius 2 is 2.20 bits per heavy atom. The zero-order chi connectivity index (χ0) is 7.98. The Morgan fingerprint density at radius 1 is 1.60 bits per heavy atom. The molecule has 0 aliphatic heterocycles. The van der Waals surface area contributed by atoms with Crippen molar-refractivity contribution in [2.45, 2.75) is 32.7 Å². The molecule has 0 aromatic carbocycles. The Bertz CT molecular complexity index is 104. The summed E-state index contributed by atoms with van der Waals surface area (Å²) in [5.74, 6) is -0.0376. The highest BCUT2D eigenvalue weighted by atomic mass is 16.2. The molecule has 3 heteroatoms. The zero-order valence-corrected chi connectivity index (χ0v) is 6.68. The molecule has 0 bridgehead atoms. The van der Waals surface area contributed by atoms with Gasteiger partial charge in [0.15, 0.2) is 0 Å². The van der Waals surface area contributed by atoms with Crippen molar-refractivity contribution in [2.24, 2.45) is 5.73 Å². The highest BCUT2D eigenvalue weighted by molar-refractivity contribution is 5.81. The van der Waals surface area contributed by atoms with Gasteiger partial charge in [-0.25, -0.2) is 0 Å². The maximum absolute atomic E-state index is 10.9. The largest absolute Gasteiger partial charge is 0.355 e. The lowest BCUT2D eigenvalue weighted by atomic mass is 10.2. The fraction of sp³-hybridized carbons (Fsp3) is 0.857. The number of nitrogens with one attached hydrogen (secondary N) is 1. The lowest BCUT2D eigenvalue weighted by Gasteiger charge is -2.07. The van der Waals surface area contributed by atoms with Crippen LogP contribution in [0.1, 0.15) is 26.7 Å². The molecule has 0 aromatic rings. The number of carbonyl (C=O) groups is 1. The lowest BCUT2D eigenvalue weighted by Crippen LogP contribution is -2.40. The normalized spacial score (nSPS) is 12.7. The van der Waals surface area contributed by atoms with Crippen molar-refractivity contribution in [2.75, 3.05) is 6.54 Å². The Labute approximate surface area is 62.0 Å². The van der Waals surface area contributed by atoms with Gasteiger partial charge in [-0.1, -0.05) is 13.8 Å². The maximum atomic E-state index is 10.9. The Morgan fingerprint density at radius 3 is 2.60 bits per heavy atom. The molecule has 60 valence electrons. The van der Waals surface area contributed by atoms with Crippen molar-refractivity contribution >= 4 is 5.91 Å². The van der Waals surface area contributed by atoms with Gasteiger partial charge in [-0.2, -0.15) is 0 Å². The van der Waals surface area contributed by atoms with E-state index in [-0.39, 0.29) is 11.9 Å². The van der Waals surface area contributed by atoms with Crippen molar-refractivity contribution in [3.63, 3.8) is 0 Å². The van der Waals surface area contributed by atoms with E-state index in [2.05, 4.69) is 5.32 Å². The lowest BCUT2D eigenvalue weighted by molar-refractivity contribution is -0.122. The third-order valence-electron chi connectivity index (χ3n) is 1.33. The first-order chi connectivity index (χ1) is 4.72. The standard InChI is InChI=1S/C7H16N2O/c1-3-5-9-7(10)6(8)4-2/h6H,3-5,8H2,1-2H3,(H,9,10)/t6-/m0/s1. The smallest absolute Gasteiger partial charge is 0.236 e. The minimum absolute atomic E-state index is 0.0376. The Balaban J connectivity index is 3.42. The summed E-state index contributed by atoms with van der Waals surface area (Å²) in [6, 6.07) is -0.327. The fourth-order valence-corrected chi connectivity index (χ4v) is 0.565. The van der Waals surface area contributed by atoms with E-state index in [9.17, 15) is 4.79 Å². The average molecular weight is 144 g/mol.